The average Bonchev–Trinajstić information content (AvgIpc) is 2.93. The number of nitrogens with one attached hydrogen (secondary N) is 1. The van der Waals surface area contributed by atoms with Crippen LogP contribution >= 0.6 is 0 Å². The zero-order valence-electron chi connectivity index (χ0n) is 15.2. The molecular weight excluding hydrogens is 360 g/mol. The molecule has 9 heteroatoms. The van der Waals surface area contributed by atoms with Gasteiger partial charge >= 0.3 is 6.09 Å². The van der Waals surface area contributed by atoms with Gasteiger partial charge in [0.2, 0.25) is 6.79 Å². The summed E-state index contributed by atoms with van der Waals surface area (Å²) in [6, 6.07) is 5.23. The van der Waals surface area contributed by atoms with Crippen molar-refractivity contribution in [3.63, 3.8) is 0 Å². The van der Waals surface area contributed by atoms with Gasteiger partial charge in [-0.3, -0.25) is 0 Å². The summed E-state index contributed by atoms with van der Waals surface area (Å²) in [7, 11) is -3.47. The highest BCUT2D eigenvalue weighted by Crippen LogP contribution is 2.56. The van der Waals surface area contributed by atoms with Gasteiger partial charge in [0.25, 0.3) is 0 Å². The van der Waals surface area contributed by atoms with Crippen molar-refractivity contribution in [2.45, 2.75) is 43.1 Å². The molecule has 1 aliphatic carbocycles. The Balaban J connectivity index is 1.93. The van der Waals surface area contributed by atoms with Crippen molar-refractivity contribution in [1.82, 2.24) is 5.32 Å². The fraction of sp³-hybridized carbons (Fsp3) is 0.588. The van der Waals surface area contributed by atoms with Gasteiger partial charge in [-0.25, -0.2) is 13.2 Å². The number of rotatable bonds is 4. The number of benzene rings is 1. The number of carbonyl (C=O) groups is 1. The number of sulfone groups is 1. The van der Waals surface area contributed by atoms with Gasteiger partial charge in [-0.15, -0.1) is 0 Å². The predicted molar refractivity (Wildman–Crippen MR) is 95.1 cm³/mol. The average molecular weight is 384 g/mol. The van der Waals surface area contributed by atoms with Gasteiger partial charge in [-0.2, -0.15) is 0 Å². The molecule has 3 rings (SSSR count). The van der Waals surface area contributed by atoms with Crippen molar-refractivity contribution >= 4 is 15.9 Å². The summed E-state index contributed by atoms with van der Waals surface area (Å²) >= 11 is 0. The Morgan fingerprint density at radius 1 is 1.35 bits per heavy atom. The van der Waals surface area contributed by atoms with Gasteiger partial charge in [0, 0.05) is 18.7 Å². The van der Waals surface area contributed by atoms with E-state index < -0.39 is 38.2 Å². The number of alkyl carbamates (subject to hydrolysis) is 1. The van der Waals surface area contributed by atoms with E-state index in [1.807, 2.05) is 0 Å². The highest BCUT2D eigenvalue weighted by atomic mass is 32.2. The maximum Gasteiger partial charge on any atom is 0.408 e. The molecule has 3 atom stereocenters. The van der Waals surface area contributed by atoms with Crippen LogP contribution in [-0.2, 0) is 14.6 Å². The van der Waals surface area contributed by atoms with Crippen molar-refractivity contribution < 1.29 is 27.4 Å². The zero-order valence-corrected chi connectivity index (χ0v) is 16.1. The molecule has 2 aliphatic rings. The lowest BCUT2D eigenvalue weighted by molar-refractivity contribution is 0.0497. The van der Waals surface area contributed by atoms with Gasteiger partial charge < -0.3 is 25.3 Å². The molecule has 1 fully saturated rings. The van der Waals surface area contributed by atoms with E-state index >= 15 is 0 Å². The fourth-order valence-electron chi connectivity index (χ4n) is 3.55. The minimum Gasteiger partial charge on any atom is -0.454 e. The maximum absolute atomic E-state index is 12.3. The van der Waals surface area contributed by atoms with E-state index in [4.69, 9.17) is 19.9 Å². The molecule has 1 aromatic carbocycles. The van der Waals surface area contributed by atoms with Crippen molar-refractivity contribution in [3.05, 3.63) is 23.8 Å². The SMILES string of the molecule is CC(C)(C)OC(=O)N[C@]1(CN)[C@H](c2ccc3c(c2)OCO3)[C@H]1S(C)(=O)=O. The zero-order chi connectivity index (χ0) is 19.3. The first kappa shape index (κ1) is 18.8. The Labute approximate surface area is 152 Å². The first-order valence-electron chi connectivity index (χ1n) is 8.27. The van der Waals surface area contributed by atoms with E-state index in [0.717, 1.165) is 6.26 Å². The first-order valence-corrected chi connectivity index (χ1v) is 10.2. The molecule has 0 aromatic heterocycles. The van der Waals surface area contributed by atoms with Crippen molar-refractivity contribution in [1.29, 1.82) is 0 Å². The Bertz CT molecular complexity index is 832. The summed E-state index contributed by atoms with van der Waals surface area (Å²) in [5.41, 5.74) is 4.81. The van der Waals surface area contributed by atoms with E-state index in [9.17, 15) is 13.2 Å². The van der Waals surface area contributed by atoms with Crippen LogP contribution in [0.1, 0.15) is 32.3 Å². The molecule has 1 heterocycles. The normalized spacial score (nSPS) is 27.1. The molecule has 1 aromatic rings. The van der Waals surface area contributed by atoms with Crippen molar-refractivity contribution in [2.24, 2.45) is 5.73 Å². The topological polar surface area (TPSA) is 117 Å². The van der Waals surface area contributed by atoms with E-state index in [1.165, 1.54) is 0 Å². The lowest BCUT2D eigenvalue weighted by atomic mass is 10.1. The third kappa shape index (κ3) is 3.33. The minimum atomic E-state index is -3.47. The summed E-state index contributed by atoms with van der Waals surface area (Å²) in [6.45, 7) is 5.29. The van der Waals surface area contributed by atoms with Crippen molar-refractivity contribution in [3.8, 4) is 11.5 Å². The lowest BCUT2D eigenvalue weighted by Gasteiger charge is -2.24. The van der Waals surface area contributed by atoms with Crippen LogP contribution in [0.4, 0.5) is 4.79 Å². The van der Waals surface area contributed by atoms with E-state index in [-0.39, 0.29) is 13.3 Å². The summed E-state index contributed by atoms with van der Waals surface area (Å²) in [5.74, 6) is 0.651. The number of hydrogen-bond donors (Lipinski definition) is 2. The van der Waals surface area contributed by atoms with Crippen LogP contribution in [0, 0.1) is 0 Å². The van der Waals surface area contributed by atoms with Crippen LogP contribution in [0.25, 0.3) is 0 Å². The Morgan fingerprint density at radius 3 is 2.58 bits per heavy atom. The lowest BCUT2D eigenvalue weighted by Crippen LogP contribution is -2.48. The second-order valence-corrected chi connectivity index (χ2v) is 9.88. The van der Waals surface area contributed by atoms with Crippen molar-refractivity contribution in [2.75, 3.05) is 19.6 Å². The first-order chi connectivity index (χ1) is 12.0. The molecule has 8 nitrogen and oxygen atoms in total. The molecule has 0 radical (unpaired) electrons. The number of carbonyl (C=O) groups excluding carboxylic acids is 1. The monoisotopic (exact) mass is 384 g/mol. The molecule has 0 unspecified atom stereocenters. The largest absolute Gasteiger partial charge is 0.454 e. The standard InChI is InChI=1S/C17H24N2O6S/c1-16(2,3)25-15(20)19-17(8-18)13(14(17)26(4,21)22)10-5-6-11-12(7-10)24-9-23-11/h5-7,13-14H,8-9,18H2,1-4H3,(H,19,20)/t13-,14-,17-/m1/s1. The molecule has 1 saturated carbocycles. The molecule has 1 aliphatic heterocycles. The number of amides is 1. The summed E-state index contributed by atoms with van der Waals surface area (Å²) in [6.07, 6.45) is 0.450. The number of fused-ring (bicyclic) bond motifs is 1. The number of hydrogen-bond acceptors (Lipinski definition) is 7. The van der Waals surface area contributed by atoms with Crippen LogP contribution < -0.4 is 20.5 Å². The Hall–Kier alpha value is -2.00. The highest BCUT2D eigenvalue weighted by Gasteiger charge is 2.70. The predicted octanol–water partition coefficient (Wildman–Crippen LogP) is 1.15. The summed E-state index contributed by atoms with van der Waals surface area (Å²) < 4.78 is 40.6. The molecule has 0 saturated heterocycles. The van der Waals surface area contributed by atoms with Crippen LogP contribution in [-0.4, -0.2) is 50.5 Å². The summed E-state index contributed by atoms with van der Waals surface area (Å²) in [5, 5.41) is 1.87. The molecular formula is C17H24N2O6S. The summed E-state index contributed by atoms with van der Waals surface area (Å²) in [4.78, 5) is 12.3. The van der Waals surface area contributed by atoms with Crippen LogP contribution in [0.3, 0.4) is 0 Å². The third-order valence-electron chi connectivity index (χ3n) is 4.54. The Morgan fingerprint density at radius 2 is 2.00 bits per heavy atom. The molecule has 3 N–H and O–H groups in total. The number of nitrogens with two attached hydrogens (primary N) is 1. The second-order valence-electron chi connectivity index (χ2n) is 7.71. The third-order valence-corrected chi connectivity index (χ3v) is 6.16. The maximum atomic E-state index is 12.3. The number of ether oxygens (including phenoxy) is 3. The molecule has 26 heavy (non-hydrogen) atoms. The van der Waals surface area contributed by atoms with Gasteiger partial charge in [0.05, 0.1) is 10.8 Å². The van der Waals surface area contributed by atoms with E-state index in [0.29, 0.717) is 17.1 Å². The van der Waals surface area contributed by atoms with Crippen LogP contribution in [0.5, 0.6) is 11.5 Å². The van der Waals surface area contributed by atoms with Crippen LogP contribution in [0.2, 0.25) is 0 Å². The van der Waals surface area contributed by atoms with Gasteiger partial charge in [0.1, 0.15) is 5.60 Å². The second kappa shape index (κ2) is 6.02. The molecule has 144 valence electrons. The van der Waals surface area contributed by atoms with E-state index in [1.54, 1.807) is 39.0 Å². The fourth-order valence-corrected chi connectivity index (χ4v) is 5.43. The van der Waals surface area contributed by atoms with Gasteiger partial charge in [-0.05, 0) is 38.5 Å². The van der Waals surface area contributed by atoms with Crippen LogP contribution in [0.15, 0.2) is 18.2 Å². The van der Waals surface area contributed by atoms with Gasteiger partial charge in [0.15, 0.2) is 21.3 Å². The highest BCUT2D eigenvalue weighted by molar-refractivity contribution is 7.91. The molecule has 0 bridgehead atoms. The van der Waals surface area contributed by atoms with E-state index in [2.05, 4.69) is 5.32 Å². The quantitative estimate of drug-likeness (QED) is 0.799. The molecule has 0 spiro atoms. The van der Waals surface area contributed by atoms with Gasteiger partial charge in [-0.1, -0.05) is 6.07 Å². The minimum absolute atomic E-state index is 0.0386. The molecule has 1 amide bonds. The Kier molecular flexibility index (Phi) is 4.35. The smallest absolute Gasteiger partial charge is 0.408 e.